The topological polar surface area (TPSA) is 38.8 Å². The number of para-hydroxylation sites is 2. The predicted octanol–water partition coefficient (Wildman–Crippen LogP) is 2.84. The van der Waals surface area contributed by atoms with Crippen molar-refractivity contribution >= 4 is 11.6 Å². The summed E-state index contributed by atoms with van der Waals surface area (Å²) in [7, 11) is 0. The minimum atomic E-state index is -0.590. The minimum absolute atomic E-state index is 0.0801. The largest absolute Gasteiger partial charge is 0.476 e. The molecule has 0 spiro atoms. The molecule has 4 nitrogen and oxygen atoms in total. The molecule has 1 heterocycles. The zero-order valence-corrected chi connectivity index (χ0v) is 11.8. The molecule has 0 unspecified atom stereocenters. The number of hydrogen-bond acceptors (Lipinski definition) is 3. The number of anilines is 1. The molecule has 0 saturated carbocycles. The van der Waals surface area contributed by atoms with Crippen LogP contribution in [0.4, 0.5) is 5.69 Å². The summed E-state index contributed by atoms with van der Waals surface area (Å²) in [5.74, 6) is 0.594. The molecule has 2 aromatic rings. The highest BCUT2D eigenvalue weighted by Crippen LogP contribution is 2.31. The van der Waals surface area contributed by atoms with Crippen molar-refractivity contribution in [2.75, 3.05) is 11.5 Å². The number of carbonyl (C=O) groups excluding carboxylic acids is 1. The first-order valence-corrected chi connectivity index (χ1v) is 7.02. The Hall–Kier alpha value is -2.33. The van der Waals surface area contributed by atoms with Crippen molar-refractivity contribution in [1.82, 2.24) is 0 Å². The SMILES string of the molecule is CCO[C@@H]1[C@@H](Oc2ccccc2)C(=O)N1c1ccccc1. The third-order valence-corrected chi connectivity index (χ3v) is 3.37. The van der Waals surface area contributed by atoms with Crippen molar-refractivity contribution in [3.05, 3.63) is 60.7 Å². The lowest BCUT2D eigenvalue weighted by Crippen LogP contribution is -2.68. The van der Waals surface area contributed by atoms with Crippen LogP contribution < -0.4 is 9.64 Å². The van der Waals surface area contributed by atoms with E-state index in [1.165, 1.54) is 0 Å². The van der Waals surface area contributed by atoms with E-state index in [1.807, 2.05) is 67.6 Å². The maximum Gasteiger partial charge on any atom is 0.275 e. The summed E-state index contributed by atoms with van der Waals surface area (Å²) < 4.78 is 11.4. The predicted molar refractivity (Wildman–Crippen MR) is 80.2 cm³/mol. The molecule has 4 heteroatoms. The fourth-order valence-electron chi connectivity index (χ4n) is 2.39. The van der Waals surface area contributed by atoms with Crippen molar-refractivity contribution in [1.29, 1.82) is 0 Å². The molecule has 1 aliphatic rings. The lowest BCUT2D eigenvalue weighted by atomic mass is 10.1. The van der Waals surface area contributed by atoms with Crippen molar-refractivity contribution in [2.24, 2.45) is 0 Å². The van der Waals surface area contributed by atoms with Gasteiger partial charge in [-0.25, -0.2) is 0 Å². The highest BCUT2D eigenvalue weighted by molar-refractivity contribution is 6.04. The highest BCUT2D eigenvalue weighted by atomic mass is 16.6. The molecule has 1 saturated heterocycles. The maximum atomic E-state index is 12.4. The number of hydrogen-bond donors (Lipinski definition) is 0. The van der Waals surface area contributed by atoms with Crippen LogP contribution in [0.3, 0.4) is 0 Å². The number of carbonyl (C=O) groups is 1. The molecular formula is C17H17NO3. The van der Waals surface area contributed by atoms with Crippen molar-refractivity contribution in [3.8, 4) is 5.75 Å². The second-order valence-electron chi connectivity index (χ2n) is 4.74. The average Bonchev–Trinajstić information content (AvgIpc) is 2.54. The van der Waals surface area contributed by atoms with Crippen LogP contribution in [0.25, 0.3) is 0 Å². The van der Waals surface area contributed by atoms with Gasteiger partial charge in [-0.05, 0) is 31.2 Å². The fourth-order valence-corrected chi connectivity index (χ4v) is 2.39. The molecule has 1 fully saturated rings. The van der Waals surface area contributed by atoms with Gasteiger partial charge in [0.05, 0.1) is 0 Å². The van der Waals surface area contributed by atoms with Crippen LogP contribution >= 0.6 is 0 Å². The van der Waals surface area contributed by atoms with Gasteiger partial charge < -0.3 is 9.47 Å². The van der Waals surface area contributed by atoms with Gasteiger partial charge in [-0.15, -0.1) is 0 Å². The maximum absolute atomic E-state index is 12.4. The van der Waals surface area contributed by atoms with E-state index >= 15 is 0 Å². The van der Waals surface area contributed by atoms with E-state index in [9.17, 15) is 4.79 Å². The van der Waals surface area contributed by atoms with Crippen molar-refractivity contribution in [2.45, 2.75) is 19.3 Å². The summed E-state index contributed by atoms with van der Waals surface area (Å²) in [5.41, 5.74) is 0.828. The molecule has 0 radical (unpaired) electrons. The molecule has 2 atom stereocenters. The number of amides is 1. The Bertz CT molecular complexity index is 600. The number of rotatable bonds is 5. The zero-order chi connectivity index (χ0) is 14.7. The highest BCUT2D eigenvalue weighted by Gasteiger charge is 2.51. The van der Waals surface area contributed by atoms with Gasteiger partial charge in [-0.1, -0.05) is 36.4 Å². The lowest BCUT2D eigenvalue weighted by Gasteiger charge is -2.45. The number of nitrogens with zero attached hydrogens (tertiary/aromatic N) is 1. The van der Waals surface area contributed by atoms with Crippen LogP contribution in [0, 0.1) is 0 Å². The zero-order valence-electron chi connectivity index (χ0n) is 11.8. The first kappa shape index (κ1) is 13.6. The molecule has 0 aliphatic carbocycles. The Kier molecular flexibility index (Phi) is 3.88. The molecule has 108 valence electrons. The fraction of sp³-hybridized carbons (Fsp3) is 0.235. The molecule has 0 bridgehead atoms. The molecule has 1 aliphatic heterocycles. The Labute approximate surface area is 123 Å². The van der Waals surface area contributed by atoms with Gasteiger partial charge >= 0.3 is 0 Å². The van der Waals surface area contributed by atoms with E-state index in [1.54, 1.807) is 4.90 Å². The van der Waals surface area contributed by atoms with Crippen molar-refractivity contribution in [3.63, 3.8) is 0 Å². The summed E-state index contributed by atoms with van der Waals surface area (Å²) in [6, 6.07) is 18.8. The van der Waals surface area contributed by atoms with Gasteiger partial charge in [0.15, 0.2) is 6.23 Å². The van der Waals surface area contributed by atoms with E-state index in [2.05, 4.69) is 0 Å². The van der Waals surface area contributed by atoms with Crippen molar-refractivity contribution < 1.29 is 14.3 Å². The number of ether oxygens (including phenoxy) is 2. The van der Waals surface area contributed by atoms with Gasteiger partial charge in [0.1, 0.15) is 5.75 Å². The standard InChI is InChI=1S/C17H17NO3/c1-2-20-17-15(21-14-11-7-4-8-12-14)16(19)18(17)13-9-5-3-6-10-13/h3-12,15,17H,2H2,1H3/t15-,17+/m0/s1. The summed E-state index contributed by atoms with van der Waals surface area (Å²) >= 11 is 0. The summed E-state index contributed by atoms with van der Waals surface area (Å²) in [6.07, 6.45) is -0.974. The summed E-state index contributed by atoms with van der Waals surface area (Å²) in [4.78, 5) is 14.0. The van der Waals surface area contributed by atoms with Gasteiger partial charge in [0.25, 0.3) is 5.91 Å². The Morgan fingerprint density at radius 2 is 1.62 bits per heavy atom. The monoisotopic (exact) mass is 283 g/mol. The second kappa shape index (κ2) is 5.97. The second-order valence-corrected chi connectivity index (χ2v) is 4.74. The van der Waals surface area contributed by atoms with Gasteiger partial charge in [0, 0.05) is 12.3 Å². The molecular weight excluding hydrogens is 266 g/mol. The third kappa shape index (κ3) is 2.62. The van der Waals surface area contributed by atoms with E-state index in [-0.39, 0.29) is 12.1 Å². The minimum Gasteiger partial charge on any atom is -0.476 e. The van der Waals surface area contributed by atoms with E-state index in [0.717, 1.165) is 5.69 Å². The molecule has 21 heavy (non-hydrogen) atoms. The Morgan fingerprint density at radius 3 is 2.24 bits per heavy atom. The smallest absolute Gasteiger partial charge is 0.275 e. The molecule has 3 rings (SSSR count). The Morgan fingerprint density at radius 1 is 1.00 bits per heavy atom. The molecule has 0 aromatic heterocycles. The Balaban J connectivity index is 1.78. The van der Waals surface area contributed by atoms with Gasteiger partial charge in [0.2, 0.25) is 6.10 Å². The molecule has 0 N–H and O–H groups in total. The van der Waals surface area contributed by atoms with Crippen LogP contribution in [0.2, 0.25) is 0 Å². The molecule has 1 amide bonds. The summed E-state index contributed by atoms with van der Waals surface area (Å²) in [5, 5.41) is 0. The summed E-state index contributed by atoms with van der Waals surface area (Å²) in [6.45, 7) is 2.43. The van der Waals surface area contributed by atoms with E-state index in [4.69, 9.17) is 9.47 Å². The van der Waals surface area contributed by atoms with Crippen LogP contribution in [0.5, 0.6) is 5.75 Å². The lowest BCUT2D eigenvalue weighted by molar-refractivity contribution is -0.151. The first-order chi connectivity index (χ1) is 10.3. The van der Waals surface area contributed by atoms with Crippen LogP contribution in [-0.4, -0.2) is 24.8 Å². The van der Waals surface area contributed by atoms with Crippen LogP contribution in [0.15, 0.2) is 60.7 Å². The van der Waals surface area contributed by atoms with E-state index < -0.39 is 6.10 Å². The quantitative estimate of drug-likeness (QED) is 0.792. The van der Waals surface area contributed by atoms with Crippen LogP contribution in [-0.2, 0) is 9.53 Å². The first-order valence-electron chi connectivity index (χ1n) is 7.02. The number of β-lactam (4-membered cyclic amide) rings is 1. The van der Waals surface area contributed by atoms with Crippen LogP contribution in [0.1, 0.15) is 6.92 Å². The average molecular weight is 283 g/mol. The molecule has 2 aromatic carbocycles. The van der Waals surface area contributed by atoms with Gasteiger partial charge in [-0.2, -0.15) is 0 Å². The normalized spacial score (nSPS) is 21.0. The number of benzene rings is 2. The third-order valence-electron chi connectivity index (χ3n) is 3.37. The van der Waals surface area contributed by atoms with Gasteiger partial charge in [-0.3, -0.25) is 9.69 Å². The van der Waals surface area contributed by atoms with E-state index in [0.29, 0.717) is 12.4 Å².